The van der Waals surface area contributed by atoms with Gasteiger partial charge in [-0.15, -0.1) is 0 Å². The van der Waals surface area contributed by atoms with Crippen molar-refractivity contribution in [3.05, 3.63) is 30.6 Å². The van der Waals surface area contributed by atoms with Gasteiger partial charge in [0.1, 0.15) is 6.54 Å². The zero-order valence-corrected chi connectivity index (χ0v) is 10.2. The summed E-state index contributed by atoms with van der Waals surface area (Å²) in [5.74, 6) is 0.166. The van der Waals surface area contributed by atoms with E-state index in [9.17, 15) is 4.79 Å². The molecule has 1 fully saturated rings. The zero-order valence-electron chi connectivity index (χ0n) is 10.2. The van der Waals surface area contributed by atoms with E-state index in [4.69, 9.17) is 0 Å². The molecule has 1 N–H and O–H groups in total. The Bertz CT molecular complexity index is 557. The summed E-state index contributed by atoms with van der Waals surface area (Å²) in [6.07, 6.45) is 1.74. The summed E-state index contributed by atoms with van der Waals surface area (Å²) < 4.78 is 1.92. The lowest BCUT2D eigenvalue weighted by Gasteiger charge is -2.27. The molecule has 0 radical (unpaired) electrons. The molecular formula is C13H16N4O. The third kappa shape index (κ3) is 2.09. The number of benzene rings is 1. The molecule has 1 aliphatic rings. The summed E-state index contributed by atoms with van der Waals surface area (Å²) in [5.41, 5.74) is 1.95. The SMILES string of the molecule is O=C(Cn1cnc2ccccc21)N1CCNCC1. The van der Waals surface area contributed by atoms with Gasteiger partial charge in [0.25, 0.3) is 0 Å². The van der Waals surface area contributed by atoms with E-state index in [1.807, 2.05) is 33.7 Å². The van der Waals surface area contributed by atoms with Crippen molar-refractivity contribution in [1.29, 1.82) is 0 Å². The molecule has 2 aromatic rings. The number of piperazine rings is 1. The van der Waals surface area contributed by atoms with E-state index in [1.165, 1.54) is 0 Å². The van der Waals surface area contributed by atoms with Crippen molar-refractivity contribution in [2.24, 2.45) is 0 Å². The molecule has 1 saturated heterocycles. The normalized spacial score (nSPS) is 16.1. The Morgan fingerprint density at radius 1 is 1.28 bits per heavy atom. The molecule has 0 atom stereocenters. The van der Waals surface area contributed by atoms with Gasteiger partial charge in [-0.3, -0.25) is 4.79 Å². The van der Waals surface area contributed by atoms with Crippen LogP contribution in [0.2, 0.25) is 0 Å². The first-order valence-corrected chi connectivity index (χ1v) is 6.23. The number of para-hydroxylation sites is 2. The topological polar surface area (TPSA) is 50.2 Å². The highest BCUT2D eigenvalue weighted by Crippen LogP contribution is 2.12. The first kappa shape index (κ1) is 11.2. The van der Waals surface area contributed by atoms with Crippen LogP contribution in [0.3, 0.4) is 0 Å². The third-order valence-electron chi connectivity index (χ3n) is 3.30. The van der Waals surface area contributed by atoms with E-state index in [2.05, 4.69) is 10.3 Å². The quantitative estimate of drug-likeness (QED) is 0.835. The third-order valence-corrected chi connectivity index (χ3v) is 3.30. The Morgan fingerprint density at radius 3 is 2.89 bits per heavy atom. The van der Waals surface area contributed by atoms with E-state index in [-0.39, 0.29) is 5.91 Å². The van der Waals surface area contributed by atoms with Crippen molar-refractivity contribution < 1.29 is 4.79 Å². The average Bonchev–Trinajstić information content (AvgIpc) is 2.83. The number of fused-ring (bicyclic) bond motifs is 1. The van der Waals surface area contributed by atoms with E-state index in [1.54, 1.807) is 6.33 Å². The molecule has 18 heavy (non-hydrogen) atoms. The molecule has 0 spiro atoms. The van der Waals surface area contributed by atoms with Gasteiger partial charge in [0.2, 0.25) is 5.91 Å². The lowest BCUT2D eigenvalue weighted by Crippen LogP contribution is -2.47. The fourth-order valence-corrected chi connectivity index (χ4v) is 2.30. The van der Waals surface area contributed by atoms with Crippen LogP contribution in [0.4, 0.5) is 0 Å². The smallest absolute Gasteiger partial charge is 0.242 e. The van der Waals surface area contributed by atoms with Crippen LogP contribution in [0.1, 0.15) is 0 Å². The van der Waals surface area contributed by atoms with Gasteiger partial charge in [-0.1, -0.05) is 12.1 Å². The van der Waals surface area contributed by atoms with Gasteiger partial charge >= 0.3 is 0 Å². The van der Waals surface area contributed by atoms with Gasteiger partial charge in [-0.05, 0) is 12.1 Å². The maximum absolute atomic E-state index is 12.2. The number of rotatable bonds is 2. The first-order chi connectivity index (χ1) is 8.84. The van der Waals surface area contributed by atoms with Gasteiger partial charge in [0.15, 0.2) is 0 Å². The molecule has 0 saturated carbocycles. The number of carbonyl (C=O) groups excluding carboxylic acids is 1. The first-order valence-electron chi connectivity index (χ1n) is 6.23. The monoisotopic (exact) mass is 244 g/mol. The summed E-state index contributed by atoms with van der Waals surface area (Å²) in [6, 6.07) is 7.88. The van der Waals surface area contributed by atoms with Crippen LogP contribution in [0.25, 0.3) is 11.0 Å². The van der Waals surface area contributed by atoms with Gasteiger partial charge < -0.3 is 14.8 Å². The largest absolute Gasteiger partial charge is 0.339 e. The van der Waals surface area contributed by atoms with Crippen molar-refractivity contribution in [2.45, 2.75) is 6.54 Å². The Kier molecular flexibility index (Phi) is 2.98. The van der Waals surface area contributed by atoms with Crippen LogP contribution in [-0.4, -0.2) is 46.5 Å². The number of carbonyl (C=O) groups is 1. The molecule has 1 amide bonds. The summed E-state index contributed by atoms with van der Waals surface area (Å²) >= 11 is 0. The van der Waals surface area contributed by atoms with Crippen LogP contribution >= 0.6 is 0 Å². The standard InChI is InChI=1S/C13H16N4O/c18-13(16-7-5-14-6-8-16)9-17-10-15-11-3-1-2-4-12(11)17/h1-4,10,14H,5-9H2. The average molecular weight is 244 g/mol. The molecule has 1 aromatic heterocycles. The lowest BCUT2D eigenvalue weighted by atomic mass is 10.3. The fourth-order valence-electron chi connectivity index (χ4n) is 2.30. The van der Waals surface area contributed by atoms with Crippen LogP contribution in [0.5, 0.6) is 0 Å². The number of hydrogen-bond donors (Lipinski definition) is 1. The second-order valence-electron chi connectivity index (χ2n) is 4.49. The van der Waals surface area contributed by atoms with Crippen LogP contribution < -0.4 is 5.32 Å². The second kappa shape index (κ2) is 4.78. The van der Waals surface area contributed by atoms with Crippen molar-refractivity contribution in [3.8, 4) is 0 Å². The molecule has 0 unspecified atom stereocenters. The minimum atomic E-state index is 0.166. The zero-order chi connectivity index (χ0) is 12.4. The Labute approximate surface area is 105 Å². The lowest BCUT2D eigenvalue weighted by molar-refractivity contribution is -0.132. The summed E-state index contributed by atoms with van der Waals surface area (Å²) in [4.78, 5) is 18.4. The van der Waals surface area contributed by atoms with E-state index >= 15 is 0 Å². The number of amides is 1. The molecule has 94 valence electrons. The number of nitrogens with one attached hydrogen (secondary N) is 1. The van der Waals surface area contributed by atoms with E-state index in [0.29, 0.717) is 6.54 Å². The van der Waals surface area contributed by atoms with Gasteiger partial charge in [-0.25, -0.2) is 4.98 Å². The predicted octanol–water partition coefficient (Wildman–Crippen LogP) is 0.468. The van der Waals surface area contributed by atoms with Gasteiger partial charge in [-0.2, -0.15) is 0 Å². The maximum Gasteiger partial charge on any atom is 0.242 e. The molecular weight excluding hydrogens is 228 g/mol. The van der Waals surface area contributed by atoms with Crippen LogP contribution in [0.15, 0.2) is 30.6 Å². The van der Waals surface area contributed by atoms with Gasteiger partial charge in [0, 0.05) is 26.2 Å². The fraction of sp³-hybridized carbons (Fsp3) is 0.385. The number of nitrogens with zero attached hydrogens (tertiary/aromatic N) is 3. The molecule has 0 bridgehead atoms. The van der Waals surface area contributed by atoms with Crippen LogP contribution in [0, 0.1) is 0 Å². The predicted molar refractivity (Wildman–Crippen MR) is 69.2 cm³/mol. The number of imidazole rings is 1. The minimum absolute atomic E-state index is 0.166. The highest BCUT2D eigenvalue weighted by Gasteiger charge is 2.16. The van der Waals surface area contributed by atoms with Crippen molar-refractivity contribution in [2.75, 3.05) is 26.2 Å². The molecule has 2 heterocycles. The van der Waals surface area contributed by atoms with Gasteiger partial charge in [0.05, 0.1) is 17.4 Å². The summed E-state index contributed by atoms with van der Waals surface area (Å²) in [6.45, 7) is 3.74. The van der Waals surface area contributed by atoms with Crippen molar-refractivity contribution in [3.63, 3.8) is 0 Å². The number of aromatic nitrogens is 2. The molecule has 5 heteroatoms. The summed E-state index contributed by atoms with van der Waals surface area (Å²) in [7, 11) is 0. The summed E-state index contributed by atoms with van der Waals surface area (Å²) in [5, 5.41) is 3.25. The molecule has 5 nitrogen and oxygen atoms in total. The number of hydrogen-bond acceptors (Lipinski definition) is 3. The van der Waals surface area contributed by atoms with Crippen LogP contribution in [-0.2, 0) is 11.3 Å². The highest BCUT2D eigenvalue weighted by atomic mass is 16.2. The maximum atomic E-state index is 12.2. The Morgan fingerprint density at radius 2 is 2.06 bits per heavy atom. The minimum Gasteiger partial charge on any atom is -0.339 e. The second-order valence-corrected chi connectivity index (χ2v) is 4.49. The van der Waals surface area contributed by atoms with Crippen molar-refractivity contribution >= 4 is 16.9 Å². The van der Waals surface area contributed by atoms with E-state index in [0.717, 1.165) is 37.2 Å². The van der Waals surface area contributed by atoms with E-state index < -0.39 is 0 Å². The molecule has 1 aliphatic heterocycles. The Balaban J connectivity index is 1.77. The molecule has 3 rings (SSSR count). The molecule has 0 aliphatic carbocycles. The molecule has 1 aromatic carbocycles. The Hall–Kier alpha value is -1.88. The van der Waals surface area contributed by atoms with Crippen molar-refractivity contribution in [1.82, 2.24) is 19.8 Å². The highest BCUT2D eigenvalue weighted by molar-refractivity contribution is 5.80.